The molecule has 0 bridgehead atoms. The van der Waals surface area contributed by atoms with E-state index in [1.807, 2.05) is 6.92 Å². The molecule has 4 atom stereocenters. The van der Waals surface area contributed by atoms with Crippen molar-refractivity contribution in [3.05, 3.63) is 29.1 Å². The Morgan fingerprint density at radius 2 is 2.03 bits per heavy atom. The Labute approximate surface area is 194 Å². The van der Waals surface area contributed by atoms with Crippen molar-refractivity contribution in [2.24, 2.45) is 11.3 Å². The number of hydrogen-bond donors (Lipinski definition) is 1. The maximum Gasteiger partial charge on any atom is 0.417 e. The highest BCUT2D eigenvalue weighted by Crippen LogP contribution is 2.48. The first-order valence-corrected chi connectivity index (χ1v) is 11.6. The van der Waals surface area contributed by atoms with E-state index >= 15 is 0 Å². The molecule has 3 heterocycles. The van der Waals surface area contributed by atoms with Crippen molar-refractivity contribution in [1.29, 1.82) is 0 Å². The summed E-state index contributed by atoms with van der Waals surface area (Å²) in [5, 5.41) is 3.45. The lowest BCUT2D eigenvalue weighted by Crippen LogP contribution is -2.49. The van der Waals surface area contributed by atoms with E-state index in [2.05, 4.69) is 10.3 Å². The number of carbonyl (C=O) groups is 1. The van der Waals surface area contributed by atoms with E-state index in [1.54, 1.807) is 0 Å². The van der Waals surface area contributed by atoms with Gasteiger partial charge >= 0.3 is 12.4 Å². The lowest BCUT2D eigenvalue weighted by molar-refractivity contribution is -0.174. The Morgan fingerprint density at radius 3 is 2.71 bits per heavy atom. The molecular weight excluding hydrogens is 464 g/mol. The molecule has 1 aliphatic carbocycles. The number of amides is 1. The monoisotopic (exact) mass is 493 g/mol. The minimum atomic E-state index is -4.59. The maximum absolute atomic E-state index is 13.6. The first kappa shape index (κ1) is 25.2. The molecule has 1 amide bonds. The van der Waals surface area contributed by atoms with Crippen molar-refractivity contribution in [2.45, 2.75) is 76.4 Å². The fourth-order valence-corrected chi connectivity index (χ4v) is 5.60. The van der Waals surface area contributed by atoms with Gasteiger partial charge in [-0.05, 0) is 43.2 Å². The van der Waals surface area contributed by atoms with Crippen LogP contribution in [0.5, 0.6) is 0 Å². The maximum atomic E-state index is 13.6. The first-order chi connectivity index (χ1) is 15.9. The van der Waals surface area contributed by atoms with Crippen LogP contribution in [-0.4, -0.2) is 53.8 Å². The van der Waals surface area contributed by atoms with E-state index < -0.39 is 35.7 Å². The molecule has 0 aromatic carbocycles. The summed E-state index contributed by atoms with van der Waals surface area (Å²) in [7, 11) is 0. The minimum Gasteiger partial charge on any atom is -0.381 e. The van der Waals surface area contributed by atoms with Crippen molar-refractivity contribution < 1.29 is 35.9 Å². The molecular formula is C23H29F6N3O2. The molecule has 34 heavy (non-hydrogen) atoms. The van der Waals surface area contributed by atoms with Gasteiger partial charge in [-0.2, -0.15) is 26.3 Å². The van der Waals surface area contributed by atoms with Crippen LogP contribution in [-0.2, 0) is 28.7 Å². The van der Waals surface area contributed by atoms with Gasteiger partial charge in [0.25, 0.3) is 0 Å². The molecule has 0 radical (unpaired) electrons. The lowest BCUT2D eigenvalue weighted by atomic mass is 9.80. The predicted octanol–water partition coefficient (Wildman–Crippen LogP) is 4.49. The average Bonchev–Trinajstić information content (AvgIpc) is 3.15. The zero-order valence-corrected chi connectivity index (χ0v) is 18.9. The van der Waals surface area contributed by atoms with Gasteiger partial charge in [0.15, 0.2) is 0 Å². The van der Waals surface area contributed by atoms with Crippen LogP contribution >= 0.6 is 0 Å². The molecule has 11 heteroatoms. The van der Waals surface area contributed by atoms with Crippen LogP contribution in [0.4, 0.5) is 26.3 Å². The Kier molecular flexibility index (Phi) is 6.89. The number of aromatic nitrogens is 1. The van der Waals surface area contributed by atoms with E-state index in [0.717, 1.165) is 18.7 Å². The number of hydrogen-bond acceptors (Lipinski definition) is 4. The lowest BCUT2D eigenvalue weighted by Gasteiger charge is -2.38. The van der Waals surface area contributed by atoms with Gasteiger partial charge in [0.1, 0.15) is 0 Å². The van der Waals surface area contributed by atoms with Gasteiger partial charge < -0.3 is 15.0 Å². The zero-order chi connectivity index (χ0) is 24.7. The average molecular weight is 493 g/mol. The van der Waals surface area contributed by atoms with Crippen LogP contribution in [0.1, 0.15) is 55.8 Å². The molecule has 1 saturated carbocycles. The highest BCUT2D eigenvalue weighted by atomic mass is 19.4. The van der Waals surface area contributed by atoms with Gasteiger partial charge in [0, 0.05) is 50.1 Å². The smallest absolute Gasteiger partial charge is 0.381 e. The number of ether oxygens (including phenoxy) is 1. The SMILES string of the molecule is CC1COCCC1N[C@@H]1CC[C@](CC(F)(F)F)(C(=O)N2CCc3ncc(C(F)(F)F)cc3C2)C1. The fourth-order valence-electron chi connectivity index (χ4n) is 5.60. The van der Waals surface area contributed by atoms with Crippen LogP contribution in [0.3, 0.4) is 0 Å². The van der Waals surface area contributed by atoms with Crippen LogP contribution in [0, 0.1) is 11.3 Å². The third-order valence-corrected chi connectivity index (χ3v) is 7.35. The summed E-state index contributed by atoms with van der Waals surface area (Å²) >= 11 is 0. The number of nitrogens with one attached hydrogen (secondary N) is 1. The quantitative estimate of drug-likeness (QED) is 0.628. The molecule has 2 aliphatic heterocycles. The summed E-state index contributed by atoms with van der Waals surface area (Å²) in [5.74, 6) is -0.409. The Hall–Kier alpha value is -1.88. The van der Waals surface area contributed by atoms with Gasteiger partial charge in [-0.3, -0.25) is 9.78 Å². The van der Waals surface area contributed by atoms with E-state index in [1.165, 1.54) is 4.90 Å². The first-order valence-electron chi connectivity index (χ1n) is 11.6. The molecule has 4 rings (SSSR count). The standard InChI is InChI=1S/C23H29F6N3O2/c1-14-12-34-7-4-18(14)31-17-2-5-21(9-17,13-22(24,25)26)20(33)32-6-3-19-15(11-32)8-16(10-30-19)23(27,28)29/h8,10,14,17-18,31H,2-7,9,11-13H2,1H3/t14?,17-,18?,21+/m1/s1. The van der Waals surface area contributed by atoms with Gasteiger partial charge in [0.05, 0.1) is 24.0 Å². The minimum absolute atomic E-state index is 0.0552. The molecule has 190 valence electrons. The van der Waals surface area contributed by atoms with Gasteiger partial charge in [0.2, 0.25) is 5.91 Å². The van der Waals surface area contributed by atoms with Crippen LogP contribution < -0.4 is 5.32 Å². The molecule has 3 aliphatic rings. The Morgan fingerprint density at radius 1 is 1.26 bits per heavy atom. The molecule has 2 unspecified atom stereocenters. The van der Waals surface area contributed by atoms with Crippen molar-refractivity contribution in [3.63, 3.8) is 0 Å². The summed E-state index contributed by atoms with van der Waals surface area (Å²) in [6.45, 7) is 3.16. The van der Waals surface area contributed by atoms with Crippen molar-refractivity contribution in [1.82, 2.24) is 15.2 Å². The van der Waals surface area contributed by atoms with Crippen molar-refractivity contribution in [2.75, 3.05) is 19.8 Å². The molecule has 5 nitrogen and oxygen atoms in total. The number of fused-ring (bicyclic) bond motifs is 1. The van der Waals surface area contributed by atoms with Gasteiger partial charge in [-0.1, -0.05) is 6.92 Å². The number of carbonyl (C=O) groups excluding carboxylic acids is 1. The fraction of sp³-hybridized carbons (Fsp3) is 0.739. The largest absolute Gasteiger partial charge is 0.417 e. The van der Waals surface area contributed by atoms with Gasteiger partial charge in [-0.15, -0.1) is 0 Å². The van der Waals surface area contributed by atoms with E-state index in [4.69, 9.17) is 4.74 Å². The highest BCUT2D eigenvalue weighted by molar-refractivity contribution is 5.83. The summed E-state index contributed by atoms with van der Waals surface area (Å²) in [6, 6.07) is 0.834. The van der Waals surface area contributed by atoms with E-state index in [-0.39, 0.29) is 55.9 Å². The number of halogens is 6. The normalized spacial score (nSPS) is 30.3. The van der Waals surface area contributed by atoms with E-state index in [0.29, 0.717) is 25.3 Å². The molecule has 0 spiro atoms. The molecule has 1 aromatic rings. The third kappa shape index (κ3) is 5.50. The zero-order valence-electron chi connectivity index (χ0n) is 18.9. The Balaban J connectivity index is 1.52. The molecule has 2 fully saturated rings. The molecule has 1 N–H and O–H groups in total. The summed E-state index contributed by atoms with van der Waals surface area (Å²) in [5.41, 5.74) is -1.86. The van der Waals surface area contributed by atoms with Crippen molar-refractivity contribution in [3.8, 4) is 0 Å². The van der Waals surface area contributed by atoms with E-state index in [9.17, 15) is 31.1 Å². The van der Waals surface area contributed by atoms with Crippen LogP contribution in [0.15, 0.2) is 12.3 Å². The molecule has 1 aromatic heterocycles. The predicted molar refractivity (Wildman–Crippen MR) is 111 cm³/mol. The Bertz CT molecular complexity index is 906. The number of pyridine rings is 1. The number of rotatable bonds is 4. The number of alkyl halides is 6. The van der Waals surface area contributed by atoms with Gasteiger partial charge in [-0.25, -0.2) is 0 Å². The third-order valence-electron chi connectivity index (χ3n) is 7.35. The second kappa shape index (κ2) is 9.29. The topological polar surface area (TPSA) is 54.5 Å². The molecule has 1 saturated heterocycles. The van der Waals surface area contributed by atoms with Crippen LogP contribution in [0.2, 0.25) is 0 Å². The van der Waals surface area contributed by atoms with Crippen LogP contribution in [0.25, 0.3) is 0 Å². The van der Waals surface area contributed by atoms with Crippen molar-refractivity contribution >= 4 is 5.91 Å². The summed E-state index contributed by atoms with van der Waals surface area (Å²) in [6.07, 6.45) is -8.04. The summed E-state index contributed by atoms with van der Waals surface area (Å²) < 4.78 is 85.6. The highest BCUT2D eigenvalue weighted by Gasteiger charge is 2.53. The number of nitrogens with zero attached hydrogens (tertiary/aromatic N) is 2. The summed E-state index contributed by atoms with van der Waals surface area (Å²) in [4.78, 5) is 18.7. The second-order valence-electron chi connectivity index (χ2n) is 9.93. The second-order valence-corrected chi connectivity index (χ2v) is 9.93.